The number of thioether (sulfide) groups is 1. The fourth-order valence-corrected chi connectivity index (χ4v) is 4.10. The van der Waals surface area contributed by atoms with E-state index in [1.54, 1.807) is 12.1 Å². The number of hydrogen-bond acceptors (Lipinski definition) is 3. The Labute approximate surface area is 165 Å². The molecular weight excluding hydrogens is 359 g/mol. The van der Waals surface area contributed by atoms with E-state index in [1.165, 1.54) is 55.7 Å². The molecular formula is C22H27FN2OS. The number of likely N-dealkylation sites (tertiary alicyclic amines) is 1. The fourth-order valence-electron chi connectivity index (χ4n) is 3.26. The highest BCUT2D eigenvalue weighted by Crippen LogP contribution is 2.16. The molecule has 0 bridgehead atoms. The zero-order valence-corrected chi connectivity index (χ0v) is 16.4. The van der Waals surface area contributed by atoms with E-state index in [1.807, 2.05) is 6.07 Å². The number of benzene rings is 2. The van der Waals surface area contributed by atoms with E-state index in [4.69, 9.17) is 0 Å². The van der Waals surface area contributed by atoms with Gasteiger partial charge in [-0.25, -0.2) is 4.39 Å². The first-order valence-corrected chi connectivity index (χ1v) is 10.7. The number of nitrogens with zero attached hydrogens (tertiary/aromatic N) is 1. The molecule has 1 aliphatic heterocycles. The molecule has 3 nitrogen and oxygen atoms in total. The van der Waals surface area contributed by atoms with Crippen LogP contribution in [0.15, 0.2) is 48.5 Å². The summed E-state index contributed by atoms with van der Waals surface area (Å²) in [6, 6.07) is 15.2. The normalized spacial score (nSPS) is 14.9. The van der Waals surface area contributed by atoms with Gasteiger partial charge in [-0.2, -0.15) is 0 Å². The molecule has 0 spiro atoms. The quantitative estimate of drug-likeness (QED) is 0.732. The summed E-state index contributed by atoms with van der Waals surface area (Å²) in [7, 11) is 0. The monoisotopic (exact) mass is 386 g/mol. The first-order chi connectivity index (χ1) is 13.2. The molecule has 3 rings (SSSR count). The maximum atomic E-state index is 13.5. The molecule has 2 aromatic carbocycles. The molecule has 0 atom stereocenters. The molecule has 1 amide bonds. The lowest BCUT2D eigenvalue weighted by Gasteiger charge is -2.26. The van der Waals surface area contributed by atoms with Crippen LogP contribution in [-0.4, -0.2) is 29.6 Å². The van der Waals surface area contributed by atoms with E-state index in [2.05, 4.69) is 34.5 Å². The van der Waals surface area contributed by atoms with E-state index in [0.717, 1.165) is 12.1 Å². The van der Waals surface area contributed by atoms with Gasteiger partial charge in [-0.05, 0) is 48.7 Å². The molecule has 5 heteroatoms. The fraction of sp³-hybridized carbons (Fsp3) is 0.409. The van der Waals surface area contributed by atoms with Crippen LogP contribution in [0.2, 0.25) is 0 Å². The standard InChI is InChI=1S/C22H27FN2OS/c23-21-7-3-2-6-20(21)16-27-17-22(26)24-14-18-8-10-19(11-9-18)15-25-12-4-1-5-13-25/h2-3,6-11H,1,4-5,12-17H2,(H,24,26). The second kappa shape index (κ2) is 10.5. The molecule has 0 aromatic heterocycles. The van der Waals surface area contributed by atoms with Gasteiger partial charge >= 0.3 is 0 Å². The number of rotatable bonds is 8. The van der Waals surface area contributed by atoms with Crippen LogP contribution in [0.5, 0.6) is 0 Å². The molecule has 1 heterocycles. The number of halogens is 1. The van der Waals surface area contributed by atoms with Crippen LogP contribution in [0.4, 0.5) is 4.39 Å². The first kappa shape index (κ1) is 19.9. The molecule has 2 aromatic rings. The second-order valence-corrected chi connectivity index (χ2v) is 8.00. The van der Waals surface area contributed by atoms with Gasteiger partial charge in [-0.3, -0.25) is 9.69 Å². The molecule has 1 aliphatic rings. The van der Waals surface area contributed by atoms with Crippen LogP contribution >= 0.6 is 11.8 Å². The van der Waals surface area contributed by atoms with Crippen molar-refractivity contribution in [3.05, 3.63) is 71.0 Å². The first-order valence-electron chi connectivity index (χ1n) is 9.59. The highest BCUT2D eigenvalue weighted by Gasteiger charge is 2.10. The zero-order chi connectivity index (χ0) is 18.9. The predicted octanol–water partition coefficient (Wildman–Crippen LogP) is 4.36. The molecule has 144 valence electrons. The zero-order valence-electron chi connectivity index (χ0n) is 15.6. The van der Waals surface area contributed by atoms with Gasteiger partial charge in [-0.15, -0.1) is 11.8 Å². The number of nitrogens with one attached hydrogen (secondary N) is 1. The number of hydrogen-bond donors (Lipinski definition) is 1. The van der Waals surface area contributed by atoms with E-state index < -0.39 is 0 Å². The lowest BCUT2D eigenvalue weighted by molar-refractivity contribution is -0.118. The highest BCUT2D eigenvalue weighted by molar-refractivity contribution is 7.99. The summed E-state index contributed by atoms with van der Waals surface area (Å²) in [5.41, 5.74) is 3.07. The number of carbonyl (C=O) groups excluding carboxylic acids is 1. The summed E-state index contributed by atoms with van der Waals surface area (Å²) in [5.74, 6) is 0.607. The minimum Gasteiger partial charge on any atom is -0.351 e. The Balaban J connectivity index is 1.36. The molecule has 1 N–H and O–H groups in total. The van der Waals surface area contributed by atoms with Gasteiger partial charge in [0.2, 0.25) is 5.91 Å². The summed E-state index contributed by atoms with van der Waals surface area (Å²) in [5, 5.41) is 2.94. The topological polar surface area (TPSA) is 32.3 Å². The maximum Gasteiger partial charge on any atom is 0.230 e. The Kier molecular flexibility index (Phi) is 7.72. The van der Waals surface area contributed by atoms with Gasteiger partial charge in [0.25, 0.3) is 0 Å². The molecule has 1 fully saturated rings. The van der Waals surface area contributed by atoms with Crippen molar-refractivity contribution in [2.45, 2.75) is 38.1 Å². The van der Waals surface area contributed by atoms with Crippen molar-refractivity contribution >= 4 is 17.7 Å². The third kappa shape index (κ3) is 6.67. The van der Waals surface area contributed by atoms with Gasteiger partial charge in [0.15, 0.2) is 0 Å². The van der Waals surface area contributed by atoms with Crippen molar-refractivity contribution in [3.8, 4) is 0 Å². The summed E-state index contributed by atoms with van der Waals surface area (Å²) in [4.78, 5) is 14.5. The molecule has 0 aliphatic carbocycles. The van der Waals surface area contributed by atoms with E-state index in [0.29, 0.717) is 23.6 Å². The van der Waals surface area contributed by atoms with Gasteiger partial charge in [0, 0.05) is 18.8 Å². The Bertz CT molecular complexity index is 729. The van der Waals surface area contributed by atoms with Gasteiger partial charge in [-0.1, -0.05) is 48.9 Å². The Hall–Kier alpha value is -1.85. The van der Waals surface area contributed by atoms with Crippen molar-refractivity contribution < 1.29 is 9.18 Å². The maximum absolute atomic E-state index is 13.5. The summed E-state index contributed by atoms with van der Waals surface area (Å²) < 4.78 is 13.5. The van der Waals surface area contributed by atoms with Crippen LogP contribution in [-0.2, 0) is 23.6 Å². The van der Waals surface area contributed by atoms with Crippen molar-refractivity contribution in [1.82, 2.24) is 10.2 Å². The van der Waals surface area contributed by atoms with Crippen LogP contribution in [0, 0.1) is 5.82 Å². The number of carbonyl (C=O) groups is 1. The number of amides is 1. The highest BCUT2D eigenvalue weighted by atomic mass is 32.2. The molecule has 1 saturated heterocycles. The largest absolute Gasteiger partial charge is 0.351 e. The minimum absolute atomic E-state index is 0.0197. The summed E-state index contributed by atoms with van der Waals surface area (Å²) in [6.45, 7) is 3.94. The smallest absolute Gasteiger partial charge is 0.230 e. The van der Waals surface area contributed by atoms with Crippen molar-refractivity contribution in [1.29, 1.82) is 0 Å². The van der Waals surface area contributed by atoms with Crippen LogP contribution in [0.3, 0.4) is 0 Å². The van der Waals surface area contributed by atoms with Gasteiger partial charge < -0.3 is 5.32 Å². The van der Waals surface area contributed by atoms with Crippen LogP contribution in [0.25, 0.3) is 0 Å². The SMILES string of the molecule is O=C(CSCc1ccccc1F)NCc1ccc(CN2CCCCC2)cc1. The summed E-state index contributed by atoms with van der Waals surface area (Å²) in [6.07, 6.45) is 3.96. The van der Waals surface area contributed by atoms with Crippen molar-refractivity contribution in [2.24, 2.45) is 0 Å². The van der Waals surface area contributed by atoms with E-state index >= 15 is 0 Å². The second-order valence-electron chi connectivity index (χ2n) is 7.01. The lowest BCUT2D eigenvalue weighted by atomic mass is 10.1. The van der Waals surface area contributed by atoms with Crippen molar-refractivity contribution in [3.63, 3.8) is 0 Å². The Morgan fingerprint density at radius 1 is 1.00 bits per heavy atom. The van der Waals surface area contributed by atoms with E-state index in [-0.39, 0.29) is 11.7 Å². The molecule has 0 saturated carbocycles. The molecule has 27 heavy (non-hydrogen) atoms. The minimum atomic E-state index is -0.213. The molecule has 0 radical (unpaired) electrons. The van der Waals surface area contributed by atoms with Gasteiger partial charge in [0.1, 0.15) is 5.82 Å². The third-order valence-corrected chi connectivity index (χ3v) is 5.80. The van der Waals surface area contributed by atoms with Crippen molar-refractivity contribution in [2.75, 3.05) is 18.8 Å². The average Bonchev–Trinajstić information content (AvgIpc) is 2.70. The number of piperidine rings is 1. The average molecular weight is 387 g/mol. The molecule has 0 unspecified atom stereocenters. The van der Waals surface area contributed by atoms with Crippen LogP contribution in [0.1, 0.15) is 36.0 Å². The Morgan fingerprint density at radius 3 is 2.44 bits per heavy atom. The Morgan fingerprint density at radius 2 is 1.70 bits per heavy atom. The van der Waals surface area contributed by atoms with Crippen LogP contribution < -0.4 is 5.32 Å². The predicted molar refractivity (Wildman–Crippen MR) is 110 cm³/mol. The lowest BCUT2D eigenvalue weighted by Crippen LogP contribution is -2.29. The van der Waals surface area contributed by atoms with E-state index in [9.17, 15) is 9.18 Å². The summed E-state index contributed by atoms with van der Waals surface area (Å²) >= 11 is 1.43. The van der Waals surface area contributed by atoms with Gasteiger partial charge in [0.05, 0.1) is 5.75 Å². The third-order valence-electron chi connectivity index (χ3n) is 4.82.